The van der Waals surface area contributed by atoms with E-state index in [0.717, 1.165) is 35.8 Å². The number of fused-ring (bicyclic) bond motifs is 1. The number of methoxy groups -OCH3 is 1. The number of aromatic nitrogens is 2. The Labute approximate surface area is 118 Å². The maximum atomic E-state index is 5.87. The van der Waals surface area contributed by atoms with Crippen LogP contribution in [0.15, 0.2) is 36.9 Å². The molecule has 5 heteroatoms. The largest absolute Gasteiger partial charge is 0.497 e. The van der Waals surface area contributed by atoms with E-state index in [0.29, 0.717) is 0 Å². The maximum Gasteiger partial charge on any atom is 0.143 e. The summed E-state index contributed by atoms with van der Waals surface area (Å²) < 4.78 is 11.2. The number of nitrogens with zero attached hydrogens (tertiary/aromatic N) is 3. The van der Waals surface area contributed by atoms with Crippen molar-refractivity contribution in [1.82, 2.24) is 9.97 Å². The van der Waals surface area contributed by atoms with Gasteiger partial charge in [-0.05, 0) is 19.1 Å². The molecule has 0 fully saturated rings. The van der Waals surface area contributed by atoms with Crippen molar-refractivity contribution in [2.24, 2.45) is 0 Å². The van der Waals surface area contributed by atoms with Crippen LogP contribution in [0.2, 0.25) is 0 Å². The molecule has 0 spiro atoms. The van der Waals surface area contributed by atoms with Crippen molar-refractivity contribution in [3.05, 3.63) is 42.5 Å². The van der Waals surface area contributed by atoms with E-state index in [1.165, 1.54) is 0 Å². The van der Waals surface area contributed by atoms with E-state index in [-0.39, 0.29) is 6.10 Å². The van der Waals surface area contributed by atoms with Crippen molar-refractivity contribution in [3.63, 3.8) is 0 Å². The standard InChI is InChI=1S/C15H17N3O2/c1-11-8-18(9-12-6-16-10-17-7-12)14-5-13(19-2)3-4-15(14)20-11/h3-7,10-11H,8-9H2,1-2H3. The third-order valence-corrected chi connectivity index (χ3v) is 3.30. The van der Waals surface area contributed by atoms with E-state index in [9.17, 15) is 0 Å². The lowest BCUT2D eigenvalue weighted by Gasteiger charge is -2.35. The Balaban J connectivity index is 1.92. The summed E-state index contributed by atoms with van der Waals surface area (Å²) in [5.74, 6) is 1.72. The van der Waals surface area contributed by atoms with Gasteiger partial charge in [-0.2, -0.15) is 0 Å². The Bertz CT molecular complexity index is 589. The number of ether oxygens (including phenoxy) is 2. The van der Waals surface area contributed by atoms with Gasteiger partial charge < -0.3 is 14.4 Å². The third kappa shape index (κ3) is 2.52. The van der Waals surface area contributed by atoms with Crippen molar-refractivity contribution in [3.8, 4) is 11.5 Å². The van der Waals surface area contributed by atoms with E-state index in [1.54, 1.807) is 13.4 Å². The average Bonchev–Trinajstić information content (AvgIpc) is 2.48. The molecule has 20 heavy (non-hydrogen) atoms. The van der Waals surface area contributed by atoms with Gasteiger partial charge >= 0.3 is 0 Å². The molecule has 1 aliphatic rings. The molecule has 0 N–H and O–H groups in total. The molecule has 1 atom stereocenters. The Morgan fingerprint density at radius 3 is 2.90 bits per heavy atom. The molecule has 0 amide bonds. The molecule has 0 aliphatic carbocycles. The van der Waals surface area contributed by atoms with Gasteiger partial charge in [-0.3, -0.25) is 0 Å². The highest BCUT2D eigenvalue weighted by atomic mass is 16.5. The van der Waals surface area contributed by atoms with E-state index in [1.807, 2.05) is 30.6 Å². The summed E-state index contributed by atoms with van der Waals surface area (Å²) in [5.41, 5.74) is 2.13. The van der Waals surface area contributed by atoms with Gasteiger partial charge in [0.1, 0.15) is 23.9 Å². The van der Waals surface area contributed by atoms with Gasteiger partial charge in [0.05, 0.1) is 19.3 Å². The van der Waals surface area contributed by atoms with Crippen molar-refractivity contribution < 1.29 is 9.47 Å². The summed E-state index contributed by atoms with van der Waals surface area (Å²) in [6.45, 7) is 3.66. The molecule has 0 radical (unpaired) electrons. The molecule has 1 aromatic carbocycles. The lowest BCUT2D eigenvalue weighted by Crippen LogP contribution is -2.38. The average molecular weight is 271 g/mol. The highest BCUT2D eigenvalue weighted by Crippen LogP contribution is 2.37. The molecular weight excluding hydrogens is 254 g/mol. The summed E-state index contributed by atoms with van der Waals surface area (Å²) in [5, 5.41) is 0. The van der Waals surface area contributed by atoms with E-state index < -0.39 is 0 Å². The lowest BCUT2D eigenvalue weighted by atomic mass is 10.1. The SMILES string of the molecule is COc1ccc2c(c1)N(Cc1cncnc1)CC(C)O2. The highest BCUT2D eigenvalue weighted by molar-refractivity contribution is 5.63. The monoisotopic (exact) mass is 271 g/mol. The van der Waals surface area contributed by atoms with E-state index in [4.69, 9.17) is 9.47 Å². The van der Waals surface area contributed by atoms with Crippen LogP contribution in [0, 0.1) is 0 Å². The zero-order valence-corrected chi connectivity index (χ0v) is 11.6. The van der Waals surface area contributed by atoms with Gasteiger partial charge in [0.25, 0.3) is 0 Å². The summed E-state index contributed by atoms with van der Waals surface area (Å²) >= 11 is 0. The zero-order valence-electron chi connectivity index (χ0n) is 11.6. The molecule has 0 bridgehead atoms. The molecule has 5 nitrogen and oxygen atoms in total. The first-order chi connectivity index (χ1) is 9.76. The van der Waals surface area contributed by atoms with Crippen molar-refractivity contribution in [1.29, 1.82) is 0 Å². The molecule has 1 unspecified atom stereocenters. The summed E-state index contributed by atoms with van der Waals surface area (Å²) in [6, 6.07) is 5.88. The van der Waals surface area contributed by atoms with Crippen molar-refractivity contribution in [2.75, 3.05) is 18.6 Å². The zero-order chi connectivity index (χ0) is 13.9. The highest BCUT2D eigenvalue weighted by Gasteiger charge is 2.23. The smallest absolute Gasteiger partial charge is 0.143 e. The normalized spacial score (nSPS) is 17.3. The van der Waals surface area contributed by atoms with Crippen LogP contribution in [0.3, 0.4) is 0 Å². The van der Waals surface area contributed by atoms with Gasteiger partial charge in [0, 0.05) is 30.6 Å². The van der Waals surface area contributed by atoms with Crippen LogP contribution >= 0.6 is 0 Å². The number of benzene rings is 1. The predicted octanol–water partition coefficient (Wildman–Crippen LogP) is 2.27. The van der Waals surface area contributed by atoms with E-state index >= 15 is 0 Å². The number of anilines is 1. The van der Waals surface area contributed by atoms with Crippen LogP contribution < -0.4 is 14.4 Å². The first-order valence-electron chi connectivity index (χ1n) is 6.60. The van der Waals surface area contributed by atoms with Crippen molar-refractivity contribution >= 4 is 5.69 Å². The quantitative estimate of drug-likeness (QED) is 0.857. The first kappa shape index (κ1) is 12.7. The van der Waals surface area contributed by atoms with Gasteiger partial charge in [-0.25, -0.2) is 9.97 Å². The summed E-state index contributed by atoms with van der Waals surface area (Å²) in [7, 11) is 1.67. The summed E-state index contributed by atoms with van der Waals surface area (Å²) in [6.07, 6.45) is 5.38. The minimum absolute atomic E-state index is 0.153. The lowest BCUT2D eigenvalue weighted by molar-refractivity contribution is 0.211. The third-order valence-electron chi connectivity index (χ3n) is 3.30. The summed E-state index contributed by atoms with van der Waals surface area (Å²) in [4.78, 5) is 10.4. The van der Waals surface area contributed by atoms with Gasteiger partial charge in [-0.1, -0.05) is 0 Å². The predicted molar refractivity (Wildman–Crippen MR) is 76.2 cm³/mol. The first-order valence-corrected chi connectivity index (χ1v) is 6.60. The van der Waals surface area contributed by atoms with Crippen LogP contribution in [-0.2, 0) is 6.54 Å². The second-order valence-electron chi connectivity index (χ2n) is 4.89. The Morgan fingerprint density at radius 2 is 2.15 bits per heavy atom. The molecule has 3 rings (SSSR count). The Kier molecular flexibility index (Phi) is 3.41. The van der Waals surface area contributed by atoms with Gasteiger partial charge in [0.15, 0.2) is 0 Å². The molecule has 2 aromatic rings. The van der Waals surface area contributed by atoms with Crippen LogP contribution in [0.4, 0.5) is 5.69 Å². The molecule has 0 saturated heterocycles. The fraction of sp³-hybridized carbons (Fsp3) is 0.333. The van der Waals surface area contributed by atoms with Crippen LogP contribution in [-0.4, -0.2) is 29.7 Å². The van der Waals surface area contributed by atoms with Gasteiger partial charge in [0.2, 0.25) is 0 Å². The molecule has 0 saturated carbocycles. The fourth-order valence-corrected chi connectivity index (χ4v) is 2.42. The second-order valence-corrected chi connectivity index (χ2v) is 4.89. The molecule has 104 valence electrons. The number of rotatable bonds is 3. The maximum absolute atomic E-state index is 5.87. The van der Waals surface area contributed by atoms with Crippen LogP contribution in [0.1, 0.15) is 12.5 Å². The van der Waals surface area contributed by atoms with Gasteiger partial charge in [-0.15, -0.1) is 0 Å². The number of hydrogen-bond acceptors (Lipinski definition) is 5. The van der Waals surface area contributed by atoms with Crippen LogP contribution in [0.5, 0.6) is 11.5 Å². The molecule has 1 aromatic heterocycles. The minimum Gasteiger partial charge on any atom is -0.497 e. The van der Waals surface area contributed by atoms with E-state index in [2.05, 4.69) is 21.8 Å². The number of hydrogen-bond donors (Lipinski definition) is 0. The topological polar surface area (TPSA) is 47.5 Å². The minimum atomic E-state index is 0.153. The molecule has 1 aliphatic heterocycles. The molecule has 2 heterocycles. The Morgan fingerprint density at radius 1 is 1.35 bits per heavy atom. The van der Waals surface area contributed by atoms with Crippen LogP contribution in [0.25, 0.3) is 0 Å². The second kappa shape index (κ2) is 5.36. The fourth-order valence-electron chi connectivity index (χ4n) is 2.42. The van der Waals surface area contributed by atoms with Crippen molar-refractivity contribution in [2.45, 2.75) is 19.6 Å². The Hall–Kier alpha value is -2.30. The molecular formula is C15H17N3O2.